The summed E-state index contributed by atoms with van der Waals surface area (Å²) in [6.45, 7) is 5.45. The molecule has 1 aromatic heterocycles. The molecule has 11 heteroatoms. The average Bonchev–Trinajstić information content (AvgIpc) is 3.35. The SMILES string of the molecule is Cc1ccc(COC(C[n+]2ccn(CCC(=O)Nc3ccccc3[N+](=O)[O-])c2)c2ccc(Cl)cc2Cl)cc1C.[Cl-]. The molecule has 3 aromatic carbocycles. The van der Waals surface area contributed by atoms with E-state index in [0.717, 1.165) is 11.1 Å². The van der Waals surface area contributed by atoms with Gasteiger partial charge in [-0.3, -0.25) is 14.9 Å². The van der Waals surface area contributed by atoms with E-state index in [2.05, 4.69) is 37.4 Å². The van der Waals surface area contributed by atoms with E-state index in [-0.39, 0.29) is 42.2 Å². The molecule has 1 atom stereocenters. The monoisotopic (exact) mass is 602 g/mol. The molecule has 0 aliphatic rings. The van der Waals surface area contributed by atoms with Gasteiger partial charge >= 0.3 is 0 Å². The predicted octanol–water partition coefficient (Wildman–Crippen LogP) is 3.60. The molecule has 4 rings (SSSR count). The van der Waals surface area contributed by atoms with Gasteiger partial charge in [0.15, 0.2) is 0 Å². The molecule has 40 heavy (non-hydrogen) atoms. The Bertz CT molecular complexity index is 1490. The standard InChI is InChI=1S/C29H28Cl2N4O4.ClH/c1-20-7-8-22(15-21(20)2)18-39-28(24-10-9-23(30)16-25(24)31)17-34-14-13-33(19-34)12-11-29(36)32-26-5-3-4-6-27(26)35(37)38;/h3-10,13-16,19,28H,11-12,17-18H2,1-2H3;1H. The normalized spacial score (nSPS) is 11.5. The third kappa shape index (κ3) is 8.29. The van der Waals surface area contributed by atoms with Gasteiger partial charge in [0, 0.05) is 21.7 Å². The molecule has 1 heterocycles. The second kappa shape index (κ2) is 14.3. The summed E-state index contributed by atoms with van der Waals surface area (Å²) in [5, 5.41) is 14.9. The van der Waals surface area contributed by atoms with Gasteiger partial charge in [-0.15, -0.1) is 0 Å². The molecule has 0 radical (unpaired) electrons. The number of amides is 1. The van der Waals surface area contributed by atoms with Crippen molar-refractivity contribution in [3.05, 3.63) is 122 Å². The highest BCUT2D eigenvalue weighted by Crippen LogP contribution is 2.30. The lowest BCUT2D eigenvalue weighted by molar-refractivity contribution is -0.704. The zero-order chi connectivity index (χ0) is 27.9. The Hall–Kier alpha value is -3.43. The summed E-state index contributed by atoms with van der Waals surface area (Å²) in [4.78, 5) is 23.1. The number of benzene rings is 3. The lowest BCUT2D eigenvalue weighted by atomic mass is 10.1. The molecule has 4 aromatic rings. The fourth-order valence-electron chi connectivity index (χ4n) is 4.15. The van der Waals surface area contributed by atoms with Crippen LogP contribution >= 0.6 is 23.2 Å². The van der Waals surface area contributed by atoms with Gasteiger partial charge in [-0.2, -0.15) is 0 Å². The molecule has 0 saturated heterocycles. The Morgan fingerprint density at radius 3 is 2.60 bits per heavy atom. The first-order valence-electron chi connectivity index (χ1n) is 12.4. The lowest BCUT2D eigenvalue weighted by Gasteiger charge is -2.19. The fraction of sp³-hybridized carbons (Fsp3) is 0.241. The molecule has 0 aliphatic carbocycles. The van der Waals surface area contributed by atoms with Crippen LogP contribution in [0.4, 0.5) is 11.4 Å². The first-order chi connectivity index (χ1) is 18.7. The minimum atomic E-state index is -0.518. The van der Waals surface area contributed by atoms with Gasteiger partial charge in [0.2, 0.25) is 12.2 Å². The highest BCUT2D eigenvalue weighted by Gasteiger charge is 2.21. The van der Waals surface area contributed by atoms with Crippen LogP contribution in [0, 0.1) is 24.0 Å². The highest BCUT2D eigenvalue weighted by atomic mass is 35.5. The lowest BCUT2D eigenvalue weighted by Crippen LogP contribution is -3.00. The number of hydrogen-bond acceptors (Lipinski definition) is 4. The number of rotatable bonds is 11. The van der Waals surface area contributed by atoms with E-state index in [1.165, 1.54) is 23.3 Å². The van der Waals surface area contributed by atoms with Crippen molar-refractivity contribution < 1.29 is 31.4 Å². The number of halogens is 3. The number of hydrogen-bond donors (Lipinski definition) is 1. The van der Waals surface area contributed by atoms with Gasteiger partial charge < -0.3 is 22.5 Å². The fourth-order valence-corrected chi connectivity index (χ4v) is 4.68. The number of para-hydroxylation sites is 2. The number of nitro groups is 1. The number of nitrogens with one attached hydrogen (secondary N) is 1. The molecule has 0 saturated carbocycles. The largest absolute Gasteiger partial charge is 1.00 e. The van der Waals surface area contributed by atoms with Gasteiger partial charge in [0.1, 0.15) is 30.7 Å². The molecule has 210 valence electrons. The van der Waals surface area contributed by atoms with Crippen LogP contribution in [0.1, 0.15) is 34.8 Å². The van der Waals surface area contributed by atoms with Gasteiger partial charge in [0.25, 0.3) is 5.69 Å². The quantitative estimate of drug-likeness (QED) is 0.161. The Morgan fingerprint density at radius 1 is 1.10 bits per heavy atom. The Labute approximate surface area is 249 Å². The number of nitrogens with zero attached hydrogens (tertiary/aromatic N) is 3. The maximum Gasteiger partial charge on any atom is 0.292 e. The maximum absolute atomic E-state index is 12.5. The van der Waals surface area contributed by atoms with Crippen molar-refractivity contribution in [3.63, 3.8) is 0 Å². The molecule has 0 aliphatic heterocycles. The molecule has 0 bridgehead atoms. The summed E-state index contributed by atoms with van der Waals surface area (Å²) < 4.78 is 10.2. The topological polar surface area (TPSA) is 90.3 Å². The van der Waals surface area contributed by atoms with Crippen LogP contribution in [-0.2, 0) is 29.2 Å². The molecule has 1 amide bonds. The third-order valence-corrected chi connectivity index (χ3v) is 6.99. The summed E-state index contributed by atoms with van der Waals surface area (Å²) in [7, 11) is 0. The number of imidazole rings is 1. The highest BCUT2D eigenvalue weighted by molar-refractivity contribution is 6.35. The molecule has 8 nitrogen and oxygen atoms in total. The van der Waals surface area contributed by atoms with Crippen molar-refractivity contribution in [2.24, 2.45) is 0 Å². The van der Waals surface area contributed by atoms with Crippen LogP contribution < -0.4 is 22.3 Å². The summed E-state index contributed by atoms with van der Waals surface area (Å²) in [6.07, 6.45) is 5.45. The molecular weight excluding hydrogens is 575 g/mol. The number of ether oxygens (including phenoxy) is 1. The molecule has 1 unspecified atom stereocenters. The van der Waals surface area contributed by atoms with E-state index in [0.29, 0.717) is 29.7 Å². The zero-order valence-corrected chi connectivity index (χ0v) is 24.3. The number of carbonyl (C=O) groups excluding carboxylic acids is 1. The van der Waals surface area contributed by atoms with E-state index in [9.17, 15) is 14.9 Å². The minimum Gasteiger partial charge on any atom is -1.00 e. The van der Waals surface area contributed by atoms with Gasteiger partial charge in [0.05, 0.1) is 24.5 Å². The third-order valence-electron chi connectivity index (χ3n) is 6.43. The minimum absolute atomic E-state index is 0. The first kappa shape index (κ1) is 31.1. The second-order valence-corrected chi connectivity index (χ2v) is 10.1. The maximum atomic E-state index is 12.5. The van der Waals surface area contributed by atoms with Gasteiger partial charge in [-0.1, -0.05) is 59.6 Å². The van der Waals surface area contributed by atoms with Crippen LogP contribution in [0.2, 0.25) is 10.0 Å². The van der Waals surface area contributed by atoms with Crippen molar-refractivity contribution in [2.75, 3.05) is 5.32 Å². The van der Waals surface area contributed by atoms with Crippen LogP contribution in [0.15, 0.2) is 79.4 Å². The summed E-state index contributed by atoms with van der Waals surface area (Å²) in [6, 6.07) is 17.7. The van der Waals surface area contributed by atoms with Crippen LogP contribution in [0.3, 0.4) is 0 Å². The van der Waals surface area contributed by atoms with E-state index < -0.39 is 4.92 Å². The molecular formula is C29H29Cl3N4O4. The smallest absolute Gasteiger partial charge is 0.292 e. The van der Waals surface area contributed by atoms with E-state index in [1.54, 1.807) is 24.3 Å². The zero-order valence-electron chi connectivity index (χ0n) is 22.0. The van der Waals surface area contributed by atoms with Crippen LogP contribution in [-0.4, -0.2) is 15.4 Å². The van der Waals surface area contributed by atoms with Crippen molar-refractivity contribution in [3.8, 4) is 0 Å². The van der Waals surface area contributed by atoms with E-state index in [4.69, 9.17) is 27.9 Å². The molecule has 1 N–H and O–H groups in total. The number of nitro benzene ring substituents is 1. The van der Waals surface area contributed by atoms with Crippen LogP contribution in [0.25, 0.3) is 0 Å². The molecule has 0 fully saturated rings. The van der Waals surface area contributed by atoms with E-state index in [1.807, 2.05) is 33.9 Å². The van der Waals surface area contributed by atoms with Crippen molar-refractivity contribution >= 4 is 40.5 Å². The van der Waals surface area contributed by atoms with Crippen molar-refractivity contribution in [1.82, 2.24) is 4.57 Å². The average molecular weight is 604 g/mol. The summed E-state index contributed by atoms with van der Waals surface area (Å²) in [5.41, 5.74) is 4.36. The Morgan fingerprint density at radius 2 is 1.88 bits per heavy atom. The van der Waals surface area contributed by atoms with Gasteiger partial charge in [-0.05, 0) is 48.7 Å². The number of carbonyl (C=O) groups is 1. The van der Waals surface area contributed by atoms with Crippen molar-refractivity contribution in [2.45, 2.75) is 46.1 Å². The number of aryl methyl sites for hydroxylation is 3. The Kier molecular flexibility index (Phi) is 11.1. The Balaban J connectivity index is 0.00000441. The summed E-state index contributed by atoms with van der Waals surface area (Å²) in [5.74, 6) is -0.313. The van der Waals surface area contributed by atoms with Gasteiger partial charge in [-0.25, -0.2) is 9.13 Å². The van der Waals surface area contributed by atoms with Crippen LogP contribution in [0.5, 0.6) is 0 Å². The number of aromatic nitrogens is 2. The second-order valence-electron chi connectivity index (χ2n) is 9.30. The van der Waals surface area contributed by atoms with E-state index >= 15 is 0 Å². The summed E-state index contributed by atoms with van der Waals surface area (Å²) >= 11 is 12.7. The first-order valence-corrected chi connectivity index (χ1v) is 13.2. The van der Waals surface area contributed by atoms with Crippen molar-refractivity contribution in [1.29, 1.82) is 0 Å². The predicted molar refractivity (Wildman–Crippen MR) is 151 cm³/mol. The molecule has 0 spiro atoms. The number of anilines is 1.